The van der Waals surface area contributed by atoms with Crippen LogP contribution in [0.15, 0.2) is 6.20 Å². The van der Waals surface area contributed by atoms with E-state index in [0.29, 0.717) is 6.04 Å². The Bertz CT molecular complexity index is 265. The second kappa shape index (κ2) is 3.50. The zero-order valence-electron chi connectivity index (χ0n) is 8.38. The van der Waals surface area contributed by atoms with Gasteiger partial charge in [-0.15, -0.1) is 0 Å². The molecule has 0 amide bonds. The summed E-state index contributed by atoms with van der Waals surface area (Å²) in [5.41, 5.74) is 1.30. The van der Waals surface area contributed by atoms with E-state index in [-0.39, 0.29) is 0 Å². The highest BCUT2D eigenvalue weighted by molar-refractivity contribution is 5.04. The molecule has 0 saturated carbocycles. The van der Waals surface area contributed by atoms with E-state index in [4.69, 9.17) is 0 Å². The Morgan fingerprint density at radius 3 is 2.62 bits per heavy atom. The Morgan fingerprint density at radius 1 is 1.38 bits per heavy atom. The van der Waals surface area contributed by atoms with Crippen molar-refractivity contribution in [3.05, 3.63) is 17.7 Å². The van der Waals surface area contributed by atoms with Gasteiger partial charge in [-0.25, -0.2) is 4.98 Å². The number of hydrogen-bond donors (Lipinski definition) is 1. The van der Waals surface area contributed by atoms with Crippen molar-refractivity contribution in [2.45, 2.75) is 32.7 Å². The van der Waals surface area contributed by atoms with Gasteiger partial charge < -0.3 is 9.88 Å². The maximum atomic E-state index is 4.33. The molecule has 1 aliphatic heterocycles. The molecule has 3 heteroatoms. The topological polar surface area (TPSA) is 29.9 Å². The molecule has 1 aliphatic rings. The minimum Gasteiger partial charge on any atom is -0.329 e. The molecule has 3 nitrogen and oxygen atoms in total. The highest BCUT2D eigenvalue weighted by Crippen LogP contribution is 2.21. The molecule has 1 fully saturated rings. The van der Waals surface area contributed by atoms with Crippen LogP contribution in [0.1, 0.15) is 30.4 Å². The lowest BCUT2D eigenvalue weighted by Crippen LogP contribution is -2.30. The predicted molar refractivity (Wildman–Crippen MR) is 52.8 cm³/mol. The second-order valence-electron chi connectivity index (χ2n) is 3.80. The Balaban J connectivity index is 2.22. The van der Waals surface area contributed by atoms with Gasteiger partial charge in [0.25, 0.3) is 0 Å². The highest BCUT2D eigenvalue weighted by Gasteiger charge is 2.17. The average Bonchev–Trinajstić information content (AvgIpc) is 2.48. The Kier molecular flexibility index (Phi) is 2.36. The smallest absolute Gasteiger partial charge is 0.105 e. The van der Waals surface area contributed by atoms with E-state index in [2.05, 4.69) is 28.7 Å². The van der Waals surface area contributed by atoms with E-state index >= 15 is 0 Å². The van der Waals surface area contributed by atoms with Crippen LogP contribution in [0.25, 0.3) is 0 Å². The van der Waals surface area contributed by atoms with Crippen LogP contribution in [-0.4, -0.2) is 22.6 Å². The molecule has 1 aromatic heterocycles. The van der Waals surface area contributed by atoms with Gasteiger partial charge in [-0.1, -0.05) is 0 Å². The van der Waals surface area contributed by atoms with Crippen molar-refractivity contribution in [1.29, 1.82) is 0 Å². The van der Waals surface area contributed by atoms with Gasteiger partial charge in [0.05, 0.1) is 0 Å². The van der Waals surface area contributed by atoms with E-state index < -0.39 is 0 Å². The lowest BCUT2D eigenvalue weighted by molar-refractivity contribution is 0.359. The monoisotopic (exact) mass is 179 g/mol. The summed E-state index contributed by atoms with van der Waals surface area (Å²) >= 11 is 0. The van der Waals surface area contributed by atoms with E-state index in [9.17, 15) is 0 Å². The third kappa shape index (κ3) is 1.61. The van der Waals surface area contributed by atoms with Gasteiger partial charge in [0, 0.05) is 17.9 Å². The predicted octanol–water partition coefficient (Wildman–Crippen LogP) is 1.42. The fourth-order valence-corrected chi connectivity index (χ4v) is 2.18. The second-order valence-corrected chi connectivity index (χ2v) is 3.80. The van der Waals surface area contributed by atoms with Crippen molar-refractivity contribution >= 4 is 0 Å². The first-order chi connectivity index (χ1) is 6.29. The number of rotatable bonds is 1. The van der Waals surface area contributed by atoms with Crippen molar-refractivity contribution in [3.63, 3.8) is 0 Å². The fourth-order valence-electron chi connectivity index (χ4n) is 2.18. The maximum absolute atomic E-state index is 4.33. The molecule has 0 aliphatic carbocycles. The molecule has 0 radical (unpaired) electrons. The molecule has 0 spiro atoms. The Labute approximate surface area is 79.2 Å². The molecule has 0 atom stereocenters. The summed E-state index contributed by atoms with van der Waals surface area (Å²) in [6, 6.07) is 0.670. The maximum Gasteiger partial charge on any atom is 0.105 e. The van der Waals surface area contributed by atoms with Crippen LogP contribution < -0.4 is 5.32 Å². The van der Waals surface area contributed by atoms with E-state index in [1.54, 1.807) is 0 Å². The standard InChI is InChI=1S/C10H17N3/c1-8-7-12-9(2)13(8)10-3-5-11-6-4-10/h7,10-11H,3-6H2,1-2H3. The van der Waals surface area contributed by atoms with Crippen LogP contribution in [0.2, 0.25) is 0 Å². The fraction of sp³-hybridized carbons (Fsp3) is 0.700. The zero-order valence-corrected chi connectivity index (χ0v) is 8.38. The third-order valence-corrected chi connectivity index (χ3v) is 2.84. The van der Waals surface area contributed by atoms with Gasteiger partial charge in [-0.2, -0.15) is 0 Å². The van der Waals surface area contributed by atoms with E-state index in [1.807, 2.05) is 6.20 Å². The van der Waals surface area contributed by atoms with Crippen molar-refractivity contribution < 1.29 is 0 Å². The molecular formula is C10H17N3. The van der Waals surface area contributed by atoms with Crippen molar-refractivity contribution in [2.24, 2.45) is 0 Å². The summed E-state index contributed by atoms with van der Waals surface area (Å²) in [6.07, 6.45) is 4.44. The average molecular weight is 179 g/mol. The largest absolute Gasteiger partial charge is 0.329 e. The lowest BCUT2D eigenvalue weighted by Gasteiger charge is -2.26. The van der Waals surface area contributed by atoms with Crippen LogP contribution in [-0.2, 0) is 0 Å². The van der Waals surface area contributed by atoms with Crippen molar-refractivity contribution in [3.8, 4) is 0 Å². The quantitative estimate of drug-likeness (QED) is 0.706. The minimum absolute atomic E-state index is 0.670. The van der Waals surface area contributed by atoms with Gasteiger partial charge in [0.15, 0.2) is 0 Å². The highest BCUT2D eigenvalue weighted by atomic mass is 15.1. The molecule has 0 unspecified atom stereocenters. The van der Waals surface area contributed by atoms with Crippen LogP contribution in [0.4, 0.5) is 0 Å². The molecule has 1 saturated heterocycles. The first-order valence-corrected chi connectivity index (χ1v) is 5.00. The summed E-state index contributed by atoms with van der Waals surface area (Å²) in [6.45, 7) is 6.51. The molecule has 2 heterocycles. The summed E-state index contributed by atoms with van der Waals surface area (Å²) in [7, 11) is 0. The SMILES string of the molecule is Cc1cnc(C)n1C1CCNCC1. The Hall–Kier alpha value is -0.830. The van der Waals surface area contributed by atoms with Gasteiger partial charge in [0.1, 0.15) is 5.82 Å². The van der Waals surface area contributed by atoms with E-state index in [0.717, 1.165) is 18.9 Å². The van der Waals surface area contributed by atoms with E-state index in [1.165, 1.54) is 18.5 Å². The van der Waals surface area contributed by atoms with Gasteiger partial charge in [-0.3, -0.25) is 0 Å². The Morgan fingerprint density at radius 2 is 2.08 bits per heavy atom. The number of hydrogen-bond acceptors (Lipinski definition) is 2. The number of aryl methyl sites for hydroxylation is 2. The third-order valence-electron chi connectivity index (χ3n) is 2.84. The number of piperidine rings is 1. The van der Waals surface area contributed by atoms with Gasteiger partial charge in [0.2, 0.25) is 0 Å². The number of aromatic nitrogens is 2. The number of imidazole rings is 1. The summed E-state index contributed by atoms with van der Waals surface area (Å²) in [5, 5.41) is 3.38. The molecule has 0 aromatic carbocycles. The van der Waals surface area contributed by atoms with Crippen molar-refractivity contribution in [2.75, 3.05) is 13.1 Å². The summed E-state index contributed by atoms with van der Waals surface area (Å²) in [5.74, 6) is 1.16. The van der Waals surface area contributed by atoms with Crippen LogP contribution in [0.5, 0.6) is 0 Å². The van der Waals surface area contributed by atoms with Gasteiger partial charge >= 0.3 is 0 Å². The number of nitrogens with one attached hydrogen (secondary N) is 1. The molecular weight excluding hydrogens is 162 g/mol. The van der Waals surface area contributed by atoms with Crippen LogP contribution in [0.3, 0.4) is 0 Å². The molecule has 1 aromatic rings. The number of nitrogens with zero attached hydrogens (tertiary/aromatic N) is 2. The first-order valence-electron chi connectivity index (χ1n) is 5.00. The zero-order chi connectivity index (χ0) is 9.26. The molecule has 13 heavy (non-hydrogen) atoms. The van der Waals surface area contributed by atoms with Gasteiger partial charge in [-0.05, 0) is 39.8 Å². The van der Waals surface area contributed by atoms with Crippen LogP contribution in [0, 0.1) is 13.8 Å². The minimum atomic E-state index is 0.670. The molecule has 2 rings (SSSR count). The lowest BCUT2D eigenvalue weighted by atomic mass is 10.1. The molecule has 1 N–H and O–H groups in total. The first kappa shape index (κ1) is 8.75. The summed E-state index contributed by atoms with van der Waals surface area (Å²) in [4.78, 5) is 4.33. The molecule has 0 bridgehead atoms. The van der Waals surface area contributed by atoms with Crippen LogP contribution >= 0.6 is 0 Å². The normalized spacial score (nSPS) is 19.2. The molecule has 72 valence electrons. The summed E-state index contributed by atoms with van der Waals surface area (Å²) < 4.78 is 2.38. The van der Waals surface area contributed by atoms with Crippen molar-refractivity contribution in [1.82, 2.24) is 14.9 Å².